The fourth-order valence-corrected chi connectivity index (χ4v) is 5.22. The molecule has 1 aliphatic carbocycles. The lowest BCUT2D eigenvalue weighted by molar-refractivity contribution is -0.119. The number of nitriles is 1. The van der Waals surface area contributed by atoms with E-state index in [2.05, 4.69) is 11.4 Å². The van der Waals surface area contributed by atoms with E-state index >= 15 is 0 Å². The van der Waals surface area contributed by atoms with Crippen molar-refractivity contribution in [3.8, 4) is 11.8 Å². The number of hydrogen-bond acceptors (Lipinski definition) is 7. The van der Waals surface area contributed by atoms with Crippen LogP contribution in [0, 0.1) is 18.3 Å². The number of furan rings is 1. The van der Waals surface area contributed by atoms with Crippen LogP contribution in [0.3, 0.4) is 0 Å². The second-order valence-electron chi connectivity index (χ2n) is 7.65. The smallest absolute Gasteiger partial charge is 0.375 e. The first kappa shape index (κ1) is 21.9. The molecular weight excluding hydrogens is 428 g/mol. The molecule has 0 saturated carbocycles. The Hall–Kier alpha value is -3.31. The standard InChI is InChI=1S/C24H24N2O5S/c1-3-29-15-9-10-19-17(11-15)14(2)22(31-19)24(28)30-13-21(27)26-23-18(12-25)16-7-5-4-6-8-20(16)32-23/h9-11H,3-8,13H2,1-2H3,(H,26,27). The fraction of sp³-hybridized carbons (Fsp3) is 0.375. The maximum atomic E-state index is 12.5. The summed E-state index contributed by atoms with van der Waals surface area (Å²) in [5.41, 5.74) is 2.75. The van der Waals surface area contributed by atoms with Crippen molar-refractivity contribution >= 4 is 39.2 Å². The molecule has 0 radical (unpaired) electrons. The van der Waals surface area contributed by atoms with Crippen LogP contribution in [0.25, 0.3) is 11.0 Å². The number of nitrogens with zero attached hydrogens (tertiary/aromatic N) is 1. The van der Waals surface area contributed by atoms with Crippen molar-refractivity contribution in [2.24, 2.45) is 0 Å². The molecule has 0 saturated heterocycles. The van der Waals surface area contributed by atoms with Crippen molar-refractivity contribution in [2.45, 2.75) is 46.0 Å². The average molecular weight is 453 g/mol. The second kappa shape index (κ2) is 9.45. The molecule has 2 heterocycles. The Morgan fingerprint density at radius 2 is 2.06 bits per heavy atom. The third-order valence-electron chi connectivity index (χ3n) is 5.52. The average Bonchev–Trinajstić information content (AvgIpc) is 3.18. The predicted molar refractivity (Wildman–Crippen MR) is 121 cm³/mol. The molecule has 32 heavy (non-hydrogen) atoms. The number of benzene rings is 1. The summed E-state index contributed by atoms with van der Waals surface area (Å²) in [5, 5.41) is 13.6. The first-order valence-corrected chi connectivity index (χ1v) is 11.5. The Kier molecular flexibility index (Phi) is 6.47. The first-order valence-electron chi connectivity index (χ1n) is 10.7. The van der Waals surface area contributed by atoms with Gasteiger partial charge in [0.15, 0.2) is 6.61 Å². The van der Waals surface area contributed by atoms with Crippen molar-refractivity contribution in [1.82, 2.24) is 0 Å². The molecule has 1 aromatic carbocycles. The number of carbonyl (C=O) groups excluding carboxylic acids is 2. The maximum Gasteiger partial charge on any atom is 0.375 e. The molecule has 0 fully saturated rings. The molecule has 0 aliphatic heterocycles. The highest BCUT2D eigenvalue weighted by atomic mass is 32.1. The van der Waals surface area contributed by atoms with E-state index in [4.69, 9.17) is 13.9 Å². The van der Waals surface area contributed by atoms with Crippen LogP contribution >= 0.6 is 11.3 Å². The summed E-state index contributed by atoms with van der Waals surface area (Å²) >= 11 is 1.44. The number of nitrogens with one attached hydrogen (secondary N) is 1. The summed E-state index contributed by atoms with van der Waals surface area (Å²) in [6, 6.07) is 7.54. The van der Waals surface area contributed by atoms with E-state index in [1.807, 2.05) is 13.0 Å². The van der Waals surface area contributed by atoms with E-state index in [1.165, 1.54) is 11.3 Å². The summed E-state index contributed by atoms with van der Waals surface area (Å²) in [4.78, 5) is 26.1. The summed E-state index contributed by atoms with van der Waals surface area (Å²) < 4.78 is 16.3. The Labute approximate surface area is 189 Å². The predicted octanol–water partition coefficient (Wildman–Crippen LogP) is 5.14. The van der Waals surface area contributed by atoms with E-state index in [9.17, 15) is 14.9 Å². The van der Waals surface area contributed by atoms with Gasteiger partial charge in [-0.05, 0) is 63.3 Å². The third kappa shape index (κ3) is 4.34. The van der Waals surface area contributed by atoms with Gasteiger partial charge in [-0.15, -0.1) is 11.3 Å². The van der Waals surface area contributed by atoms with Crippen LogP contribution in [0.5, 0.6) is 5.75 Å². The number of amides is 1. The van der Waals surface area contributed by atoms with E-state index < -0.39 is 18.5 Å². The van der Waals surface area contributed by atoms with Crippen LogP contribution in [-0.2, 0) is 22.4 Å². The third-order valence-corrected chi connectivity index (χ3v) is 6.73. The van der Waals surface area contributed by atoms with Crippen LogP contribution in [0.4, 0.5) is 5.00 Å². The second-order valence-corrected chi connectivity index (χ2v) is 8.76. The minimum absolute atomic E-state index is 0.0574. The van der Waals surface area contributed by atoms with Gasteiger partial charge in [0.05, 0.1) is 12.2 Å². The van der Waals surface area contributed by atoms with Crippen LogP contribution < -0.4 is 10.1 Å². The maximum absolute atomic E-state index is 12.5. The van der Waals surface area contributed by atoms with Gasteiger partial charge in [-0.2, -0.15) is 5.26 Å². The van der Waals surface area contributed by atoms with Crippen molar-refractivity contribution in [2.75, 3.05) is 18.5 Å². The Morgan fingerprint density at radius 1 is 1.25 bits per heavy atom. The number of carbonyl (C=O) groups is 2. The van der Waals surface area contributed by atoms with E-state index in [1.54, 1.807) is 19.1 Å². The fourth-order valence-electron chi connectivity index (χ4n) is 3.96. The summed E-state index contributed by atoms with van der Waals surface area (Å²) in [7, 11) is 0. The number of hydrogen-bond donors (Lipinski definition) is 1. The Bertz CT molecular complexity index is 1220. The lowest BCUT2D eigenvalue weighted by atomic mass is 10.1. The van der Waals surface area contributed by atoms with E-state index in [-0.39, 0.29) is 5.76 Å². The zero-order valence-corrected chi connectivity index (χ0v) is 18.9. The molecule has 0 spiro atoms. The van der Waals surface area contributed by atoms with Crippen molar-refractivity contribution in [3.05, 3.63) is 45.5 Å². The van der Waals surface area contributed by atoms with Crippen LogP contribution in [0.2, 0.25) is 0 Å². The van der Waals surface area contributed by atoms with Crippen molar-refractivity contribution in [1.29, 1.82) is 5.26 Å². The molecule has 7 nitrogen and oxygen atoms in total. The van der Waals surface area contributed by atoms with Crippen LogP contribution in [-0.4, -0.2) is 25.1 Å². The van der Waals surface area contributed by atoms with E-state index in [0.29, 0.717) is 34.1 Å². The molecule has 0 bridgehead atoms. The normalized spacial score (nSPS) is 13.2. The van der Waals surface area contributed by atoms with Gasteiger partial charge in [0.1, 0.15) is 22.4 Å². The highest BCUT2D eigenvalue weighted by Crippen LogP contribution is 2.37. The largest absolute Gasteiger partial charge is 0.494 e. The first-order chi connectivity index (χ1) is 15.5. The lowest BCUT2D eigenvalue weighted by Gasteiger charge is -2.05. The SMILES string of the molecule is CCOc1ccc2oc(C(=O)OCC(=O)Nc3sc4c(c3C#N)CCCCC4)c(C)c2c1. The Morgan fingerprint density at radius 3 is 2.84 bits per heavy atom. The van der Waals surface area contributed by atoms with Gasteiger partial charge in [0, 0.05) is 15.8 Å². The number of fused-ring (bicyclic) bond motifs is 2. The monoisotopic (exact) mass is 452 g/mol. The van der Waals surface area contributed by atoms with Gasteiger partial charge in [-0.1, -0.05) is 6.42 Å². The molecule has 2 aromatic heterocycles. The Balaban J connectivity index is 1.43. The highest BCUT2D eigenvalue weighted by molar-refractivity contribution is 7.16. The van der Waals surface area contributed by atoms with Crippen LogP contribution in [0.15, 0.2) is 22.6 Å². The quantitative estimate of drug-likeness (QED) is 0.411. The molecule has 4 rings (SSSR count). The van der Waals surface area contributed by atoms with Gasteiger partial charge in [-0.3, -0.25) is 4.79 Å². The molecule has 1 N–H and O–H groups in total. The molecule has 166 valence electrons. The van der Waals surface area contributed by atoms with Gasteiger partial charge in [0.2, 0.25) is 5.76 Å². The lowest BCUT2D eigenvalue weighted by Crippen LogP contribution is -2.21. The number of thiophene rings is 1. The summed E-state index contributed by atoms with van der Waals surface area (Å²) in [6.07, 6.45) is 5.07. The minimum Gasteiger partial charge on any atom is -0.494 e. The molecule has 0 unspecified atom stereocenters. The molecular formula is C24H24N2O5S. The number of anilines is 1. The zero-order valence-electron chi connectivity index (χ0n) is 18.1. The number of aryl methyl sites for hydroxylation is 2. The van der Waals surface area contributed by atoms with E-state index in [0.717, 1.165) is 47.9 Å². The van der Waals surface area contributed by atoms with Gasteiger partial charge < -0.3 is 19.2 Å². The molecule has 1 amide bonds. The van der Waals surface area contributed by atoms with Crippen LogP contribution in [0.1, 0.15) is 58.3 Å². The van der Waals surface area contributed by atoms with Gasteiger partial charge in [0.25, 0.3) is 5.91 Å². The summed E-state index contributed by atoms with van der Waals surface area (Å²) in [6.45, 7) is 3.73. The van der Waals surface area contributed by atoms with Gasteiger partial charge in [-0.25, -0.2) is 4.79 Å². The van der Waals surface area contributed by atoms with Crippen molar-refractivity contribution in [3.63, 3.8) is 0 Å². The number of rotatable bonds is 6. The number of esters is 1. The van der Waals surface area contributed by atoms with Crippen molar-refractivity contribution < 1.29 is 23.5 Å². The molecule has 0 atom stereocenters. The van der Waals surface area contributed by atoms with Gasteiger partial charge >= 0.3 is 5.97 Å². The summed E-state index contributed by atoms with van der Waals surface area (Å²) in [5.74, 6) is -0.458. The topological polar surface area (TPSA) is 102 Å². The molecule has 8 heteroatoms. The minimum atomic E-state index is -0.714. The molecule has 3 aromatic rings. The number of ether oxygens (including phenoxy) is 2. The zero-order chi connectivity index (χ0) is 22.7. The molecule has 1 aliphatic rings. The highest BCUT2D eigenvalue weighted by Gasteiger charge is 2.23.